The molecule has 1 unspecified atom stereocenters. The third-order valence-corrected chi connectivity index (χ3v) is 4.33. The van der Waals surface area contributed by atoms with E-state index in [0.29, 0.717) is 0 Å². The molecule has 1 aromatic heterocycles. The van der Waals surface area contributed by atoms with Gasteiger partial charge in [0.1, 0.15) is 5.82 Å². The average Bonchev–Trinajstić information content (AvgIpc) is 2.77. The highest BCUT2D eigenvalue weighted by Gasteiger charge is 2.33. The quantitative estimate of drug-likeness (QED) is 0.830. The first kappa shape index (κ1) is 11.2. The van der Waals surface area contributed by atoms with Crippen molar-refractivity contribution in [3.8, 4) is 0 Å². The third kappa shape index (κ3) is 2.38. The van der Waals surface area contributed by atoms with Gasteiger partial charge >= 0.3 is 0 Å². The number of aryl methyl sites for hydroxylation is 1. The largest absolute Gasteiger partial charge is 0.338 e. The van der Waals surface area contributed by atoms with Crippen LogP contribution in [0, 0.1) is 5.92 Å². The molecule has 3 aliphatic heterocycles. The lowest BCUT2D eigenvalue weighted by Crippen LogP contribution is -2.56. The molecule has 4 heterocycles. The van der Waals surface area contributed by atoms with Gasteiger partial charge in [0.05, 0.1) is 0 Å². The van der Waals surface area contributed by atoms with E-state index in [9.17, 15) is 0 Å². The molecule has 0 aliphatic carbocycles. The maximum Gasteiger partial charge on any atom is 0.109 e. The Hall–Kier alpha value is -0.870. The number of fused-ring (bicyclic) bond motifs is 3. The summed E-state index contributed by atoms with van der Waals surface area (Å²) in [5.74, 6) is 2.10. The monoisotopic (exact) mass is 234 g/mol. The third-order valence-electron chi connectivity index (χ3n) is 4.33. The van der Waals surface area contributed by atoms with Gasteiger partial charge in [-0.1, -0.05) is 0 Å². The highest BCUT2D eigenvalue weighted by molar-refractivity contribution is 4.94. The number of nitrogens with zero attached hydrogens (tertiary/aromatic N) is 3. The number of rotatable bonds is 4. The second-order valence-corrected chi connectivity index (χ2v) is 5.40. The van der Waals surface area contributed by atoms with E-state index in [1.165, 1.54) is 38.3 Å². The second-order valence-electron chi connectivity index (χ2n) is 5.40. The van der Waals surface area contributed by atoms with Crippen LogP contribution in [0.3, 0.4) is 0 Å². The van der Waals surface area contributed by atoms with Crippen LogP contribution in [-0.2, 0) is 13.5 Å². The van der Waals surface area contributed by atoms with Crippen LogP contribution in [-0.4, -0.2) is 46.7 Å². The Morgan fingerprint density at radius 1 is 1.41 bits per heavy atom. The SMILES string of the molecule is Cn1ccnc1CCNC1CN2CCC1CC2. The van der Waals surface area contributed by atoms with Crippen molar-refractivity contribution in [2.75, 3.05) is 26.2 Å². The first-order valence-electron chi connectivity index (χ1n) is 6.75. The predicted molar refractivity (Wildman–Crippen MR) is 67.9 cm³/mol. The van der Waals surface area contributed by atoms with E-state index in [1.54, 1.807) is 0 Å². The second kappa shape index (κ2) is 4.78. The van der Waals surface area contributed by atoms with Crippen LogP contribution in [0.15, 0.2) is 12.4 Å². The number of piperidine rings is 3. The lowest BCUT2D eigenvalue weighted by molar-refractivity contribution is 0.0730. The fourth-order valence-electron chi connectivity index (χ4n) is 3.20. The molecule has 1 atom stereocenters. The molecular weight excluding hydrogens is 212 g/mol. The minimum Gasteiger partial charge on any atom is -0.338 e. The Balaban J connectivity index is 1.47. The lowest BCUT2D eigenvalue weighted by atomic mass is 9.84. The fourth-order valence-corrected chi connectivity index (χ4v) is 3.20. The average molecular weight is 234 g/mol. The standard InChI is InChI=1S/C13H22N4/c1-16-9-6-15-13(16)2-5-14-12-10-17-7-3-11(12)4-8-17/h6,9,11-12,14H,2-5,7-8,10H2,1H3. The van der Waals surface area contributed by atoms with Gasteiger partial charge in [-0.25, -0.2) is 4.98 Å². The molecule has 94 valence electrons. The lowest BCUT2D eigenvalue weighted by Gasteiger charge is -2.45. The van der Waals surface area contributed by atoms with Crippen LogP contribution >= 0.6 is 0 Å². The maximum atomic E-state index is 4.36. The van der Waals surface area contributed by atoms with Gasteiger partial charge in [0.15, 0.2) is 0 Å². The molecule has 0 amide bonds. The summed E-state index contributed by atoms with van der Waals surface area (Å²) in [6.07, 6.45) is 7.71. The minimum absolute atomic E-state index is 0.720. The van der Waals surface area contributed by atoms with Gasteiger partial charge in [0.25, 0.3) is 0 Å². The maximum absolute atomic E-state index is 4.36. The number of nitrogens with one attached hydrogen (secondary N) is 1. The molecule has 3 aliphatic rings. The molecule has 4 nitrogen and oxygen atoms in total. The first-order valence-corrected chi connectivity index (χ1v) is 6.75. The summed E-state index contributed by atoms with van der Waals surface area (Å²) in [6, 6.07) is 0.720. The molecule has 3 fully saturated rings. The molecule has 0 spiro atoms. The summed E-state index contributed by atoms with van der Waals surface area (Å²) in [7, 11) is 2.07. The van der Waals surface area contributed by atoms with Gasteiger partial charge in [0, 0.05) is 45.0 Å². The Bertz CT molecular complexity index is 365. The van der Waals surface area contributed by atoms with E-state index < -0.39 is 0 Å². The summed E-state index contributed by atoms with van der Waals surface area (Å²) in [6.45, 7) is 4.95. The number of hydrogen-bond donors (Lipinski definition) is 1. The van der Waals surface area contributed by atoms with Gasteiger partial charge < -0.3 is 14.8 Å². The topological polar surface area (TPSA) is 33.1 Å². The van der Waals surface area contributed by atoms with Crippen molar-refractivity contribution in [3.63, 3.8) is 0 Å². The Morgan fingerprint density at radius 2 is 2.24 bits per heavy atom. The highest BCUT2D eigenvalue weighted by Crippen LogP contribution is 2.27. The zero-order valence-electron chi connectivity index (χ0n) is 10.6. The number of imidazole rings is 1. The van der Waals surface area contributed by atoms with Crippen molar-refractivity contribution in [1.29, 1.82) is 0 Å². The van der Waals surface area contributed by atoms with Crippen molar-refractivity contribution in [3.05, 3.63) is 18.2 Å². The number of hydrogen-bond acceptors (Lipinski definition) is 3. The molecular formula is C13H22N4. The fraction of sp³-hybridized carbons (Fsp3) is 0.769. The van der Waals surface area contributed by atoms with Crippen LogP contribution in [0.25, 0.3) is 0 Å². The van der Waals surface area contributed by atoms with Gasteiger partial charge in [-0.2, -0.15) is 0 Å². The van der Waals surface area contributed by atoms with Crippen LogP contribution in [0.5, 0.6) is 0 Å². The summed E-state index contributed by atoms with van der Waals surface area (Å²) in [5, 5.41) is 3.72. The van der Waals surface area contributed by atoms with Crippen LogP contribution < -0.4 is 5.32 Å². The molecule has 0 radical (unpaired) electrons. The molecule has 17 heavy (non-hydrogen) atoms. The highest BCUT2D eigenvalue weighted by atomic mass is 15.2. The Kier molecular flexibility index (Phi) is 3.16. The summed E-state index contributed by atoms with van der Waals surface area (Å²) in [5.41, 5.74) is 0. The van der Waals surface area contributed by atoms with Gasteiger partial charge in [-0.3, -0.25) is 0 Å². The normalized spacial score (nSPS) is 31.9. The van der Waals surface area contributed by atoms with Crippen molar-refractivity contribution < 1.29 is 0 Å². The van der Waals surface area contributed by atoms with Gasteiger partial charge in [-0.15, -0.1) is 0 Å². The van der Waals surface area contributed by atoms with Crippen molar-refractivity contribution in [2.24, 2.45) is 13.0 Å². The Morgan fingerprint density at radius 3 is 2.82 bits per heavy atom. The molecule has 0 aromatic carbocycles. The summed E-state index contributed by atoms with van der Waals surface area (Å²) in [4.78, 5) is 6.95. The summed E-state index contributed by atoms with van der Waals surface area (Å²) < 4.78 is 2.11. The predicted octanol–water partition coefficient (Wildman–Crippen LogP) is 0.646. The van der Waals surface area contributed by atoms with E-state index in [4.69, 9.17) is 0 Å². The molecule has 1 aromatic rings. The van der Waals surface area contributed by atoms with E-state index in [0.717, 1.165) is 24.9 Å². The molecule has 0 saturated carbocycles. The number of aromatic nitrogens is 2. The minimum atomic E-state index is 0.720. The van der Waals surface area contributed by atoms with Gasteiger partial charge in [0.2, 0.25) is 0 Å². The van der Waals surface area contributed by atoms with Crippen LogP contribution in [0.1, 0.15) is 18.7 Å². The zero-order chi connectivity index (χ0) is 11.7. The molecule has 1 N–H and O–H groups in total. The van der Waals surface area contributed by atoms with Crippen LogP contribution in [0.4, 0.5) is 0 Å². The van der Waals surface area contributed by atoms with Gasteiger partial charge in [-0.05, 0) is 31.8 Å². The zero-order valence-corrected chi connectivity index (χ0v) is 10.6. The molecule has 2 bridgehead atoms. The van der Waals surface area contributed by atoms with Crippen LogP contribution in [0.2, 0.25) is 0 Å². The summed E-state index contributed by atoms with van der Waals surface area (Å²) >= 11 is 0. The Labute approximate surface area is 103 Å². The van der Waals surface area contributed by atoms with E-state index in [-0.39, 0.29) is 0 Å². The van der Waals surface area contributed by atoms with E-state index >= 15 is 0 Å². The first-order chi connectivity index (χ1) is 8.33. The van der Waals surface area contributed by atoms with Crippen molar-refractivity contribution >= 4 is 0 Å². The van der Waals surface area contributed by atoms with E-state index in [1.807, 2.05) is 12.4 Å². The molecule has 4 heteroatoms. The van der Waals surface area contributed by atoms with Crippen molar-refractivity contribution in [1.82, 2.24) is 19.8 Å². The molecule has 4 rings (SSSR count). The molecule has 3 saturated heterocycles. The smallest absolute Gasteiger partial charge is 0.109 e. The van der Waals surface area contributed by atoms with Crippen molar-refractivity contribution in [2.45, 2.75) is 25.3 Å². The van der Waals surface area contributed by atoms with E-state index in [2.05, 4.69) is 26.8 Å².